The van der Waals surface area contributed by atoms with Gasteiger partial charge in [-0.05, 0) is 62.3 Å². The molecule has 0 spiro atoms. The van der Waals surface area contributed by atoms with Gasteiger partial charge in [0.1, 0.15) is 0 Å². The van der Waals surface area contributed by atoms with Crippen LogP contribution in [0.1, 0.15) is 47.1 Å². The Bertz CT molecular complexity index is 1080. The zero-order chi connectivity index (χ0) is 19.8. The SMILES string of the molecule is CCN(CC)CCn1c2ccc(C(C)=O)cc2c2c3c(ccc21)C(=O)NCC3. The summed E-state index contributed by atoms with van der Waals surface area (Å²) >= 11 is 0. The van der Waals surface area contributed by atoms with Crippen LogP contribution in [0, 0.1) is 0 Å². The van der Waals surface area contributed by atoms with Gasteiger partial charge in [0, 0.05) is 52.6 Å². The van der Waals surface area contributed by atoms with Gasteiger partial charge in [0.2, 0.25) is 0 Å². The van der Waals surface area contributed by atoms with Crippen molar-refractivity contribution in [3.8, 4) is 0 Å². The van der Waals surface area contributed by atoms with Gasteiger partial charge in [0.05, 0.1) is 0 Å². The highest BCUT2D eigenvalue weighted by Crippen LogP contribution is 2.35. The van der Waals surface area contributed by atoms with Crippen molar-refractivity contribution in [1.29, 1.82) is 0 Å². The molecule has 1 amide bonds. The van der Waals surface area contributed by atoms with Gasteiger partial charge in [0.15, 0.2) is 5.78 Å². The molecule has 0 bridgehead atoms. The number of carbonyl (C=O) groups is 2. The van der Waals surface area contributed by atoms with Crippen molar-refractivity contribution in [1.82, 2.24) is 14.8 Å². The van der Waals surface area contributed by atoms with E-state index in [1.54, 1.807) is 6.92 Å². The van der Waals surface area contributed by atoms with Crippen LogP contribution in [0.3, 0.4) is 0 Å². The van der Waals surface area contributed by atoms with E-state index in [1.165, 1.54) is 0 Å². The fourth-order valence-corrected chi connectivity index (χ4v) is 4.37. The monoisotopic (exact) mass is 377 g/mol. The molecule has 0 saturated carbocycles. The highest BCUT2D eigenvalue weighted by molar-refractivity contribution is 6.15. The first-order valence-electron chi connectivity index (χ1n) is 10.1. The van der Waals surface area contributed by atoms with Crippen molar-refractivity contribution in [3.05, 3.63) is 47.0 Å². The van der Waals surface area contributed by atoms with E-state index in [2.05, 4.69) is 40.8 Å². The molecule has 1 N–H and O–H groups in total. The summed E-state index contributed by atoms with van der Waals surface area (Å²) in [7, 11) is 0. The average Bonchev–Trinajstić information content (AvgIpc) is 3.02. The summed E-state index contributed by atoms with van der Waals surface area (Å²) in [4.78, 5) is 26.8. The molecule has 0 saturated heterocycles. The number of Topliss-reactive ketones (excluding diaryl/α,β-unsaturated/α-hetero) is 1. The van der Waals surface area contributed by atoms with Gasteiger partial charge in [-0.3, -0.25) is 9.59 Å². The minimum atomic E-state index is -0.00471. The fraction of sp³-hybridized carbons (Fsp3) is 0.391. The van der Waals surface area contributed by atoms with Crippen LogP contribution < -0.4 is 5.32 Å². The van der Waals surface area contributed by atoms with Crippen molar-refractivity contribution in [3.63, 3.8) is 0 Å². The lowest BCUT2D eigenvalue weighted by Crippen LogP contribution is -2.31. The smallest absolute Gasteiger partial charge is 0.251 e. The second-order valence-electron chi connectivity index (χ2n) is 7.46. The topological polar surface area (TPSA) is 54.3 Å². The van der Waals surface area contributed by atoms with Crippen LogP contribution in [0.25, 0.3) is 21.8 Å². The quantitative estimate of drug-likeness (QED) is 0.668. The highest BCUT2D eigenvalue weighted by atomic mass is 16.1. The molecule has 0 radical (unpaired) electrons. The third kappa shape index (κ3) is 3.00. The van der Waals surface area contributed by atoms with Crippen LogP contribution in [0.5, 0.6) is 0 Å². The average molecular weight is 377 g/mol. The molecule has 3 aromatic rings. The third-order valence-electron chi connectivity index (χ3n) is 5.98. The summed E-state index contributed by atoms with van der Waals surface area (Å²) < 4.78 is 2.35. The van der Waals surface area contributed by atoms with Crippen LogP contribution in [0.2, 0.25) is 0 Å². The Hall–Kier alpha value is -2.66. The summed E-state index contributed by atoms with van der Waals surface area (Å²) in [5.74, 6) is 0.0587. The van der Waals surface area contributed by atoms with Crippen LogP contribution in [0.4, 0.5) is 0 Å². The fourth-order valence-electron chi connectivity index (χ4n) is 4.37. The first-order chi connectivity index (χ1) is 13.5. The van der Waals surface area contributed by atoms with Crippen LogP contribution in [-0.2, 0) is 13.0 Å². The van der Waals surface area contributed by atoms with Gasteiger partial charge in [-0.2, -0.15) is 0 Å². The Morgan fingerprint density at radius 2 is 1.89 bits per heavy atom. The van der Waals surface area contributed by atoms with Gasteiger partial charge in [-0.15, -0.1) is 0 Å². The zero-order valence-electron chi connectivity index (χ0n) is 16.8. The Balaban J connectivity index is 1.97. The number of carbonyl (C=O) groups excluding carboxylic acids is 2. The largest absolute Gasteiger partial charge is 0.352 e. The lowest BCUT2D eigenvalue weighted by molar-refractivity contribution is 0.0945. The molecule has 2 aromatic carbocycles. The number of likely N-dealkylation sites (N-methyl/N-ethyl adjacent to an activating group) is 1. The predicted octanol–water partition coefficient (Wildman–Crippen LogP) is 3.62. The first kappa shape index (κ1) is 18.7. The van der Waals surface area contributed by atoms with Gasteiger partial charge in [-0.1, -0.05) is 13.8 Å². The van der Waals surface area contributed by atoms with E-state index in [-0.39, 0.29) is 11.7 Å². The number of nitrogens with one attached hydrogen (secondary N) is 1. The molecule has 1 aromatic heterocycles. The van der Waals surface area contributed by atoms with E-state index in [0.717, 1.165) is 65.5 Å². The number of rotatable bonds is 6. The van der Waals surface area contributed by atoms with Crippen LogP contribution in [0.15, 0.2) is 30.3 Å². The maximum atomic E-state index is 12.4. The zero-order valence-corrected chi connectivity index (χ0v) is 16.8. The number of hydrogen-bond donors (Lipinski definition) is 1. The molecule has 0 fully saturated rings. The van der Waals surface area contributed by atoms with E-state index in [1.807, 2.05) is 18.2 Å². The Morgan fingerprint density at radius 3 is 2.61 bits per heavy atom. The van der Waals surface area contributed by atoms with Gasteiger partial charge in [0.25, 0.3) is 5.91 Å². The number of amides is 1. The number of ketones is 1. The molecule has 0 aliphatic carbocycles. The normalized spacial score (nSPS) is 13.9. The summed E-state index contributed by atoms with van der Waals surface area (Å²) in [6, 6.07) is 9.99. The van der Waals surface area contributed by atoms with Crippen molar-refractivity contribution < 1.29 is 9.59 Å². The number of fused-ring (bicyclic) bond motifs is 5. The molecule has 2 heterocycles. The Labute approximate surface area is 165 Å². The van der Waals surface area contributed by atoms with E-state index >= 15 is 0 Å². The predicted molar refractivity (Wildman–Crippen MR) is 113 cm³/mol. The highest BCUT2D eigenvalue weighted by Gasteiger charge is 2.23. The second-order valence-corrected chi connectivity index (χ2v) is 7.46. The van der Waals surface area contributed by atoms with Crippen LogP contribution in [-0.4, -0.2) is 47.3 Å². The summed E-state index contributed by atoms with van der Waals surface area (Å²) in [5.41, 5.74) is 4.86. The lowest BCUT2D eigenvalue weighted by Gasteiger charge is -2.20. The Kier molecular flexibility index (Phi) is 4.94. The van der Waals surface area contributed by atoms with Crippen LogP contribution >= 0.6 is 0 Å². The molecule has 1 aliphatic heterocycles. The molecule has 4 rings (SSSR count). The minimum Gasteiger partial charge on any atom is -0.352 e. The first-order valence-corrected chi connectivity index (χ1v) is 10.1. The van der Waals surface area contributed by atoms with E-state index in [9.17, 15) is 9.59 Å². The number of benzene rings is 2. The van der Waals surface area contributed by atoms with Crippen molar-refractivity contribution in [2.75, 3.05) is 26.2 Å². The van der Waals surface area contributed by atoms with E-state index < -0.39 is 0 Å². The molecule has 28 heavy (non-hydrogen) atoms. The molecule has 0 atom stereocenters. The Morgan fingerprint density at radius 1 is 1.14 bits per heavy atom. The van der Waals surface area contributed by atoms with E-state index in [0.29, 0.717) is 12.1 Å². The number of nitrogens with zero attached hydrogens (tertiary/aromatic N) is 2. The van der Waals surface area contributed by atoms with Crippen molar-refractivity contribution in [2.24, 2.45) is 0 Å². The van der Waals surface area contributed by atoms with Crippen molar-refractivity contribution in [2.45, 2.75) is 33.7 Å². The lowest BCUT2D eigenvalue weighted by atomic mass is 9.94. The molecule has 5 heteroatoms. The summed E-state index contributed by atoms with van der Waals surface area (Å²) in [6.07, 6.45) is 0.817. The van der Waals surface area contributed by atoms with Gasteiger partial charge >= 0.3 is 0 Å². The number of aromatic nitrogens is 1. The van der Waals surface area contributed by atoms with E-state index in [4.69, 9.17) is 0 Å². The standard InChI is InChI=1S/C23H27N3O2/c1-4-25(5-2)12-13-26-20-8-6-16(15(3)27)14-19(20)22-17-10-11-24-23(28)18(17)7-9-21(22)26/h6-9,14H,4-5,10-13H2,1-3H3,(H,24,28). The molecule has 1 aliphatic rings. The number of hydrogen-bond acceptors (Lipinski definition) is 3. The van der Waals surface area contributed by atoms with Gasteiger partial charge < -0.3 is 14.8 Å². The summed E-state index contributed by atoms with van der Waals surface area (Å²) in [5, 5.41) is 5.14. The molecule has 5 nitrogen and oxygen atoms in total. The summed E-state index contributed by atoms with van der Waals surface area (Å²) in [6.45, 7) is 10.5. The third-order valence-corrected chi connectivity index (χ3v) is 5.98. The van der Waals surface area contributed by atoms with Gasteiger partial charge in [-0.25, -0.2) is 0 Å². The molecular formula is C23H27N3O2. The maximum Gasteiger partial charge on any atom is 0.251 e. The maximum absolute atomic E-state index is 12.4. The minimum absolute atomic E-state index is 0.00471. The molecule has 0 unspecified atom stereocenters. The molecule has 146 valence electrons. The van der Waals surface area contributed by atoms with Crippen molar-refractivity contribution >= 4 is 33.5 Å². The molecular weight excluding hydrogens is 350 g/mol. The second kappa shape index (κ2) is 7.40.